The van der Waals surface area contributed by atoms with E-state index in [-0.39, 0.29) is 30.4 Å². The molecule has 1 aliphatic heterocycles. The summed E-state index contributed by atoms with van der Waals surface area (Å²) in [6, 6.07) is 11.8. The second kappa shape index (κ2) is 12.5. The maximum Gasteiger partial charge on any atom is 0.417 e. The number of carbonyl (C=O) groups is 2. The average molecular weight is 620 g/mol. The van der Waals surface area contributed by atoms with Crippen molar-refractivity contribution >= 4 is 34.4 Å². The molecule has 0 saturated carbocycles. The summed E-state index contributed by atoms with van der Waals surface area (Å²) in [5.41, 5.74) is -0.205. The minimum Gasteiger partial charge on any atom is -0.472 e. The smallest absolute Gasteiger partial charge is 0.417 e. The van der Waals surface area contributed by atoms with Gasteiger partial charge in [0.15, 0.2) is 6.61 Å². The lowest BCUT2D eigenvalue weighted by atomic mass is 9.85. The molecule has 2 atom stereocenters. The minimum atomic E-state index is -4.99. The number of amides is 2. The summed E-state index contributed by atoms with van der Waals surface area (Å²) >= 11 is 6.35. The molecule has 5 rings (SSSR count). The molecular weight excluding hydrogens is 597 g/mol. The van der Waals surface area contributed by atoms with Crippen LogP contribution in [0.3, 0.4) is 0 Å². The van der Waals surface area contributed by atoms with E-state index in [1.165, 1.54) is 18.5 Å². The maximum atomic E-state index is 13.9. The summed E-state index contributed by atoms with van der Waals surface area (Å²) < 4.78 is 71.2. The molecule has 4 aromatic rings. The summed E-state index contributed by atoms with van der Waals surface area (Å²) in [4.78, 5) is 40.4. The van der Waals surface area contributed by atoms with Crippen molar-refractivity contribution in [2.24, 2.45) is 0 Å². The minimum absolute atomic E-state index is 0.148. The molecule has 224 valence electrons. The van der Waals surface area contributed by atoms with Crippen LogP contribution in [0, 0.1) is 0 Å². The van der Waals surface area contributed by atoms with Crippen LogP contribution in [0.15, 0.2) is 67.1 Å². The van der Waals surface area contributed by atoms with Crippen molar-refractivity contribution in [3.05, 3.63) is 94.4 Å². The van der Waals surface area contributed by atoms with E-state index in [9.17, 15) is 31.5 Å². The van der Waals surface area contributed by atoms with E-state index in [2.05, 4.69) is 25.0 Å². The van der Waals surface area contributed by atoms with Gasteiger partial charge in [0.1, 0.15) is 5.52 Å². The second-order valence-electron chi connectivity index (χ2n) is 9.79. The van der Waals surface area contributed by atoms with Crippen LogP contribution in [0.4, 0.5) is 22.0 Å². The molecule has 0 bridgehead atoms. The Morgan fingerprint density at radius 2 is 1.81 bits per heavy atom. The van der Waals surface area contributed by atoms with E-state index in [4.69, 9.17) is 11.6 Å². The summed E-state index contributed by atoms with van der Waals surface area (Å²) in [7, 11) is 0. The molecule has 1 N–H and O–H groups in total. The van der Waals surface area contributed by atoms with Crippen LogP contribution >= 0.6 is 11.6 Å². The fourth-order valence-electron chi connectivity index (χ4n) is 5.01. The van der Waals surface area contributed by atoms with Crippen molar-refractivity contribution in [1.29, 1.82) is 0 Å². The molecule has 1 aliphatic rings. The van der Waals surface area contributed by atoms with Gasteiger partial charge in [0, 0.05) is 55.3 Å². The number of carbonyl (C=O) groups excluding carboxylic acids is 2. The molecule has 0 radical (unpaired) electrons. The number of hydrogen-bond acceptors (Lipinski definition) is 6. The summed E-state index contributed by atoms with van der Waals surface area (Å²) in [5, 5.41) is 2.94. The lowest BCUT2D eigenvalue weighted by molar-refractivity contribution is -0.138. The van der Waals surface area contributed by atoms with Crippen molar-refractivity contribution < 1.29 is 36.3 Å². The predicted octanol–water partition coefficient (Wildman–Crippen LogP) is 5.77. The Labute approximate surface area is 246 Å². The molecule has 8 nitrogen and oxygen atoms in total. The maximum absolute atomic E-state index is 13.9. The molecule has 3 heterocycles. The van der Waals surface area contributed by atoms with E-state index in [1.54, 1.807) is 41.3 Å². The first-order chi connectivity index (χ1) is 20.5. The highest BCUT2D eigenvalue weighted by molar-refractivity contribution is 6.35. The summed E-state index contributed by atoms with van der Waals surface area (Å²) in [6.07, 6.45) is -4.06. The van der Waals surface area contributed by atoms with Gasteiger partial charge in [0.05, 0.1) is 21.7 Å². The van der Waals surface area contributed by atoms with Crippen molar-refractivity contribution in [3.8, 4) is 5.88 Å². The molecular formula is C29H23ClF5N5O3. The van der Waals surface area contributed by atoms with Gasteiger partial charge >= 0.3 is 6.18 Å². The van der Waals surface area contributed by atoms with E-state index < -0.39 is 54.1 Å². The molecule has 2 aromatic heterocycles. The molecule has 1 fully saturated rings. The highest BCUT2D eigenvalue weighted by atomic mass is 35.5. The number of nitrogens with one attached hydrogen (secondary N) is 1. The average Bonchev–Trinajstić information content (AvgIpc) is 2.99. The first-order valence-corrected chi connectivity index (χ1v) is 13.4. The van der Waals surface area contributed by atoms with Crippen LogP contribution in [0.5, 0.6) is 5.88 Å². The van der Waals surface area contributed by atoms with Gasteiger partial charge in [0.25, 0.3) is 18.2 Å². The number of fused-ring (bicyclic) bond motifs is 1. The molecule has 0 unspecified atom stereocenters. The summed E-state index contributed by atoms with van der Waals surface area (Å²) in [5.74, 6) is -2.54. The largest absolute Gasteiger partial charge is 0.472 e. The quantitative estimate of drug-likeness (QED) is 0.264. The van der Waals surface area contributed by atoms with Gasteiger partial charge in [-0.1, -0.05) is 41.9 Å². The van der Waals surface area contributed by atoms with Gasteiger partial charge in [-0.3, -0.25) is 19.6 Å². The Hall–Kier alpha value is -4.39. The third-order valence-corrected chi connectivity index (χ3v) is 7.29. The second-order valence-corrected chi connectivity index (χ2v) is 10.2. The lowest BCUT2D eigenvalue weighted by Crippen LogP contribution is -2.51. The van der Waals surface area contributed by atoms with Gasteiger partial charge in [-0.25, -0.2) is 13.8 Å². The van der Waals surface area contributed by atoms with Crippen molar-refractivity contribution in [2.45, 2.75) is 31.0 Å². The summed E-state index contributed by atoms with van der Waals surface area (Å²) in [6.45, 7) is -0.812. The number of halogens is 6. The highest BCUT2D eigenvalue weighted by Gasteiger charge is 2.39. The molecule has 1 saturated heterocycles. The van der Waals surface area contributed by atoms with Crippen LogP contribution in [-0.4, -0.2) is 63.8 Å². The standard InChI is InChI=1S/C29H23ClF5N5O3/c30-21-10-17(11-23-26(21)37-8-7-36-23)28(42)40-9-6-22(19(14-40)16-4-2-1-3-5-16)39-27(41)18-13-38-25(43-15-24(31)32)12-20(18)29(33,34)35/h1-5,7-8,10-13,19,22,24H,6,9,14-15H2,(H,39,41)/t19-,22-/m1/s1. The molecule has 0 spiro atoms. The number of nitrogens with zero attached hydrogens (tertiary/aromatic N) is 4. The molecule has 14 heteroatoms. The number of likely N-dealkylation sites (tertiary alicyclic amines) is 1. The number of rotatable bonds is 7. The van der Waals surface area contributed by atoms with E-state index in [1.807, 2.05) is 0 Å². The number of piperidine rings is 1. The third kappa shape index (κ3) is 6.82. The SMILES string of the molecule is O=C(N[C@@H]1CCN(C(=O)c2cc(Cl)c3nccnc3c2)C[C@@H]1c1ccccc1)c1cnc(OCC(F)F)cc1C(F)(F)F. The van der Waals surface area contributed by atoms with E-state index in [0.29, 0.717) is 28.9 Å². The number of benzene rings is 2. The monoisotopic (exact) mass is 619 g/mol. The van der Waals surface area contributed by atoms with Crippen LogP contribution in [0.25, 0.3) is 11.0 Å². The fraction of sp³-hybridized carbons (Fsp3) is 0.276. The number of aromatic nitrogens is 3. The zero-order valence-electron chi connectivity index (χ0n) is 22.2. The molecule has 2 aromatic carbocycles. The Morgan fingerprint density at radius 1 is 1.07 bits per heavy atom. The van der Waals surface area contributed by atoms with Gasteiger partial charge in [-0.15, -0.1) is 0 Å². The highest BCUT2D eigenvalue weighted by Crippen LogP contribution is 2.35. The fourth-order valence-corrected chi connectivity index (χ4v) is 5.27. The normalized spacial score (nSPS) is 17.2. The van der Waals surface area contributed by atoms with Crippen molar-refractivity contribution in [3.63, 3.8) is 0 Å². The third-order valence-electron chi connectivity index (χ3n) is 7.00. The van der Waals surface area contributed by atoms with Crippen molar-refractivity contribution in [1.82, 2.24) is 25.2 Å². The van der Waals surface area contributed by atoms with E-state index in [0.717, 1.165) is 5.56 Å². The zero-order valence-corrected chi connectivity index (χ0v) is 22.9. The Balaban J connectivity index is 1.39. The van der Waals surface area contributed by atoms with Crippen LogP contribution in [-0.2, 0) is 6.18 Å². The van der Waals surface area contributed by atoms with Crippen LogP contribution in [0.2, 0.25) is 5.02 Å². The van der Waals surface area contributed by atoms with Crippen LogP contribution < -0.4 is 10.1 Å². The first-order valence-electron chi connectivity index (χ1n) is 13.0. The Bertz CT molecular complexity index is 1640. The Morgan fingerprint density at radius 3 is 2.53 bits per heavy atom. The zero-order chi connectivity index (χ0) is 30.7. The van der Waals surface area contributed by atoms with E-state index >= 15 is 0 Å². The predicted molar refractivity (Wildman–Crippen MR) is 146 cm³/mol. The van der Waals surface area contributed by atoms with Gasteiger partial charge in [0.2, 0.25) is 5.88 Å². The first kappa shape index (κ1) is 30.1. The molecule has 2 amide bonds. The van der Waals surface area contributed by atoms with Crippen LogP contribution in [0.1, 0.15) is 44.2 Å². The number of ether oxygens (including phenoxy) is 1. The Kier molecular flexibility index (Phi) is 8.71. The van der Waals surface area contributed by atoms with Gasteiger partial charge in [-0.05, 0) is 24.1 Å². The topological polar surface area (TPSA) is 97.3 Å². The van der Waals surface area contributed by atoms with Gasteiger partial charge in [-0.2, -0.15) is 13.2 Å². The number of alkyl halides is 5. The number of pyridine rings is 1. The molecule has 0 aliphatic carbocycles. The molecule has 43 heavy (non-hydrogen) atoms. The lowest BCUT2D eigenvalue weighted by Gasteiger charge is -2.39. The van der Waals surface area contributed by atoms with Crippen molar-refractivity contribution in [2.75, 3.05) is 19.7 Å². The van der Waals surface area contributed by atoms with Gasteiger partial charge < -0.3 is 15.0 Å². The number of hydrogen-bond donors (Lipinski definition) is 1.